The summed E-state index contributed by atoms with van der Waals surface area (Å²) < 4.78 is 6.57. The molecular formula is C25H46O. The second-order valence-electron chi connectivity index (χ2n) is 10.0. The molecule has 0 aromatic rings. The van der Waals surface area contributed by atoms with Gasteiger partial charge in [-0.1, -0.05) is 58.8 Å². The standard InChI is InChI=1S/C25H46O/c1-3-5-7-21-10-16-24(17-11-21)26-25-18-14-23(15-19-25)22-12-8-20(6-4-2)9-13-22/h20-25H,3-19H2,1-2H3. The first-order valence-corrected chi connectivity index (χ1v) is 12.4. The van der Waals surface area contributed by atoms with Crippen LogP contribution in [0.25, 0.3) is 0 Å². The van der Waals surface area contributed by atoms with E-state index in [0.29, 0.717) is 12.2 Å². The third-order valence-electron chi connectivity index (χ3n) is 8.12. The van der Waals surface area contributed by atoms with Gasteiger partial charge in [-0.05, 0) is 87.9 Å². The van der Waals surface area contributed by atoms with E-state index in [4.69, 9.17) is 4.74 Å². The summed E-state index contributed by atoms with van der Waals surface area (Å²) in [5, 5.41) is 0. The molecule has 0 atom stereocenters. The highest BCUT2D eigenvalue weighted by Gasteiger charge is 2.32. The molecule has 0 unspecified atom stereocenters. The summed E-state index contributed by atoms with van der Waals surface area (Å²) in [6.45, 7) is 4.67. The molecule has 3 fully saturated rings. The predicted octanol–water partition coefficient (Wildman–Crippen LogP) is 7.92. The van der Waals surface area contributed by atoms with Crippen LogP contribution in [0.15, 0.2) is 0 Å². The maximum atomic E-state index is 6.57. The normalized spacial score (nSPS) is 39.0. The number of rotatable bonds is 8. The zero-order valence-corrected chi connectivity index (χ0v) is 17.9. The molecule has 0 heterocycles. The van der Waals surface area contributed by atoms with Crippen LogP contribution >= 0.6 is 0 Å². The van der Waals surface area contributed by atoms with Crippen LogP contribution in [-0.4, -0.2) is 12.2 Å². The molecule has 3 aliphatic carbocycles. The lowest BCUT2D eigenvalue weighted by molar-refractivity contribution is -0.0611. The van der Waals surface area contributed by atoms with E-state index < -0.39 is 0 Å². The Kier molecular flexibility index (Phi) is 8.82. The van der Waals surface area contributed by atoms with E-state index in [1.807, 2.05) is 0 Å². The Morgan fingerprint density at radius 1 is 0.538 bits per heavy atom. The lowest BCUT2D eigenvalue weighted by Gasteiger charge is -2.39. The summed E-state index contributed by atoms with van der Waals surface area (Å²) >= 11 is 0. The molecule has 3 aliphatic rings. The highest BCUT2D eigenvalue weighted by molar-refractivity contribution is 4.83. The van der Waals surface area contributed by atoms with Crippen molar-refractivity contribution in [3.05, 3.63) is 0 Å². The fourth-order valence-electron chi connectivity index (χ4n) is 6.37. The van der Waals surface area contributed by atoms with Gasteiger partial charge in [-0.25, -0.2) is 0 Å². The Morgan fingerprint density at radius 2 is 1.00 bits per heavy atom. The second-order valence-corrected chi connectivity index (χ2v) is 10.0. The maximum Gasteiger partial charge on any atom is 0.0579 e. The Morgan fingerprint density at radius 3 is 1.54 bits per heavy atom. The summed E-state index contributed by atoms with van der Waals surface area (Å²) in [5.41, 5.74) is 0. The molecule has 0 aromatic heterocycles. The highest BCUT2D eigenvalue weighted by atomic mass is 16.5. The summed E-state index contributed by atoms with van der Waals surface area (Å²) in [7, 11) is 0. The second kappa shape index (κ2) is 11.1. The monoisotopic (exact) mass is 362 g/mol. The van der Waals surface area contributed by atoms with Crippen LogP contribution in [0.4, 0.5) is 0 Å². The number of ether oxygens (including phenoxy) is 1. The smallest absolute Gasteiger partial charge is 0.0579 e. The van der Waals surface area contributed by atoms with Gasteiger partial charge in [0.05, 0.1) is 12.2 Å². The quantitative estimate of drug-likeness (QED) is 0.426. The third-order valence-corrected chi connectivity index (χ3v) is 8.12. The summed E-state index contributed by atoms with van der Waals surface area (Å²) in [6, 6.07) is 0. The molecule has 152 valence electrons. The zero-order chi connectivity index (χ0) is 18.2. The van der Waals surface area contributed by atoms with E-state index >= 15 is 0 Å². The minimum atomic E-state index is 0.596. The van der Waals surface area contributed by atoms with E-state index in [2.05, 4.69) is 13.8 Å². The molecular weight excluding hydrogens is 316 g/mol. The lowest BCUT2D eigenvalue weighted by Crippen LogP contribution is -2.32. The number of hydrogen-bond donors (Lipinski definition) is 0. The van der Waals surface area contributed by atoms with Gasteiger partial charge in [0.15, 0.2) is 0 Å². The first-order valence-electron chi connectivity index (χ1n) is 12.4. The van der Waals surface area contributed by atoms with Gasteiger partial charge < -0.3 is 4.74 Å². The van der Waals surface area contributed by atoms with Gasteiger partial charge >= 0.3 is 0 Å². The average molecular weight is 363 g/mol. The lowest BCUT2D eigenvalue weighted by atomic mass is 9.70. The molecule has 0 amide bonds. The maximum absolute atomic E-state index is 6.57. The largest absolute Gasteiger partial charge is 0.375 e. The summed E-state index contributed by atoms with van der Waals surface area (Å²) in [5.74, 6) is 4.15. The molecule has 0 aromatic carbocycles. The fourth-order valence-corrected chi connectivity index (χ4v) is 6.37. The average Bonchev–Trinajstić information content (AvgIpc) is 2.69. The Balaban J connectivity index is 1.30. The van der Waals surface area contributed by atoms with Gasteiger partial charge in [-0.15, -0.1) is 0 Å². The Bertz CT molecular complexity index is 354. The minimum absolute atomic E-state index is 0.596. The van der Waals surface area contributed by atoms with Gasteiger partial charge in [0, 0.05) is 0 Å². The van der Waals surface area contributed by atoms with Crippen LogP contribution in [0.3, 0.4) is 0 Å². The van der Waals surface area contributed by atoms with Gasteiger partial charge in [-0.3, -0.25) is 0 Å². The van der Waals surface area contributed by atoms with Crippen LogP contribution in [0.2, 0.25) is 0 Å². The molecule has 0 saturated heterocycles. The van der Waals surface area contributed by atoms with E-state index in [0.717, 1.165) is 23.7 Å². The van der Waals surface area contributed by atoms with Crippen molar-refractivity contribution in [3.63, 3.8) is 0 Å². The Hall–Kier alpha value is -0.0400. The topological polar surface area (TPSA) is 9.23 Å². The number of hydrogen-bond acceptors (Lipinski definition) is 1. The van der Waals surface area contributed by atoms with E-state index in [9.17, 15) is 0 Å². The van der Waals surface area contributed by atoms with Crippen LogP contribution in [0.5, 0.6) is 0 Å². The van der Waals surface area contributed by atoms with E-state index in [1.165, 1.54) is 109 Å². The van der Waals surface area contributed by atoms with Crippen LogP contribution < -0.4 is 0 Å². The molecule has 1 nitrogen and oxygen atoms in total. The van der Waals surface area contributed by atoms with Crippen LogP contribution in [0.1, 0.15) is 123 Å². The molecule has 3 rings (SSSR count). The Labute approximate surface area is 164 Å². The SMILES string of the molecule is CCCCC1CCC(OC2CCC(C3CCC(CCC)CC3)CC2)CC1. The van der Waals surface area contributed by atoms with Crippen molar-refractivity contribution in [2.45, 2.75) is 135 Å². The van der Waals surface area contributed by atoms with Crippen LogP contribution in [0, 0.1) is 23.7 Å². The van der Waals surface area contributed by atoms with Gasteiger partial charge in [0.25, 0.3) is 0 Å². The predicted molar refractivity (Wildman–Crippen MR) is 112 cm³/mol. The van der Waals surface area contributed by atoms with E-state index in [-0.39, 0.29) is 0 Å². The van der Waals surface area contributed by atoms with Crippen molar-refractivity contribution in [2.24, 2.45) is 23.7 Å². The molecule has 0 bridgehead atoms. The molecule has 0 aliphatic heterocycles. The first kappa shape index (κ1) is 20.7. The number of unbranched alkanes of at least 4 members (excludes halogenated alkanes) is 1. The van der Waals surface area contributed by atoms with E-state index in [1.54, 1.807) is 0 Å². The fraction of sp³-hybridized carbons (Fsp3) is 1.00. The molecule has 26 heavy (non-hydrogen) atoms. The van der Waals surface area contributed by atoms with Crippen molar-refractivity contribution >= 4 is 0 Å². The van der Waals surface area contributed by atoms with Crippen molar-refractivity contribution in [1.82, 2.24) is 0 Å². The molecule has 0 radical (unpaired) electrons. The van der Waals surface area contributed by atoms with Gasteiger partial charge in [0.1, 0.15) is 0 Å². The molecule has 1 heteroatoms. The summed E-state index contributed by atoms with van der Waals surface area (Å²) in [4.78, 5) is 0. The van der Waals surface area contributed by atoms with Crippen LogP contribution in [-0.2, 0) is 4.74 Å². The minimum Gasteiger partial charge on any atom is -0.375 e. The van der Waals surface area contributed by atoms with Crippen molar-refractivity contribution in [1.29, 1.82) is 0 Å². The molecule has 0 N–H and O–H groups in total. The zero-order valence-electron chi connectivity index (χ0n) is 17.9. The van der Waals surface area contributed by atoms with Crippen molar-refractivity contribution in [2.75, 3.05) is 0 Å². The molecule has 3 saturated carbocycles. The summed E-state index contributed by atoms with van der Waals surface area (Å²) in [6.07, 6.45) is 25.6. The van der Waals surface area contributed by atoms with Gasteiger partial charge in [-0.2, -0.15) is 0 Å². The van der Waals surface area contributed by atoms with Crippen molar-refractivity contribution < 1.29 is 4.74 Å². The van der Waals surface area contributed by atoms with Gasteiger partial charge in [0.2, 0.25) is 0 Å². The third kappa shape index (κ3) is 6.25. The molecule has 0 spiro atoms. The van der Waals surface area contributed by atoms with Crippen molar-refractivity contribution in [3.8, 4) is 0 Å². The first-order chi connectivity index (χ1) is 12.8. The highest BCUT2D eigenvalue weighted by Crippen LogP contribution is 2.42.